The Kier molecular flexibility index (Phi) is 4.82. The Morgan fingerprint density at radius 3 is 1.38 bits per heavy atom. The van der Waals surface area contributed by atoms with Crippen molar-refractivity contribution in [2.45, 2.75) is 89.1 Å². The van der Waals surface area contributed by atoms with Crippen LogP contribution in [0.5, 0.6) is 0 Å². The number of piperidine rings is 2. The summed E-state index contributed by atoms with van der Waals surface area (Å²) < 4.78 is 0. The van der Waals surface area contributed by atoms with Crippen LogP contribution in [-0.4, -0.2) is 46.8 Å². The van der Waals surface area contributed by atoms with Crippen LogP contribution >= 0.6 is 0 Å². The van der Waals surface area contributed by atoms with Gasteiger partial charge in [-0.05, 0) is 63.2 Å². The van der Waals surface area contributed by atoms with Crippen LogP contribution in [0, 0.1) is 11.8 Å². The first kappa shape index (κ1) is 16.4. The molecule has 0 aromatic heterocycles. The molecule has 4 rings (SSSR count). The summed E-state index contributed by atoms with van der Waals surface area (Å²) in [6.07, 6.45) is 14.4. The van der Waals surface area contributed by atoms with E-state index in [1.807, 2.05) is 9.80 Å². The lowest BCUT2D eigenvalue weighted by Crippen LogP contribution is -2.58. The summed E-state index contributed by atoms with van der Waals surface area (Å²) in [5.41, 5.74) is 0. The van der Waals surface area contributed by atoms with E-state index in [4.69, 9.17) is 0 Å². The monoisotopic (exact) mass is 332 g/mol. The second-order valence-corrected chi connectivity index (χ2v) is 8.51. The number of carbonyl (C=O) groups is 2. The SMILES string of the molecule is O=C(C(=O)N1CCCC2CCCCC21)N1CCCC2CCCCC21. The Labute approximate surface area is 145 Å². The van der Waals surface area contributed by atoms with E-state index < -0.39 is 0 Å². The Balaban J connectivity index is 1.47. The maximum Gasteiger partial charge on any atom is 0.312 e. The summed E-state index contributed by atoms with van der Waals surface area (Å²) in [5.74, 6) is 0.928. The lowest BCUT2D eigenvalue weighted by atomic mass is 9.77. The van der Waals surface area contributed by atoms with Gasteiger partial charge in [-0.25, -0.2) is 0 Å². The van der Waals surface area contributed by atoms with E-state index in [1.165, 1.54) is 51.4 Å². The van der Waals surface area contributed by atoms with Crippen LogP contribution in [0.1, 0.15) is 77.0 Å². The molecule has 2 amide bonds. The quantitative estimate of drug-likeness (QED) is 0.638. The van der Waals surface area contributed by atoms with Gasteiger partial charge in [-0.1, -0.05) is 25.7 Å². The van der Waals surface area contributed by atoms with Crippen LogP contribution in [0.2, 0.25) is 0 Å². The Hall–Kier alpha value is -1.06. The van der Waals surface area contributed by atoms with Gasteiger partial charge in [0, 0.05) is 25.2 Å². The lowest BCUT2D eigenvalue weighted by Gasteiger charge is -2.47. The summed E-state index contributed by atoms with van der Waals surface area (Å²) >= 11 is 0. The first-order chi connectivity index (χ1) is 11.8. The van der Waals surface area contributed by atoms with Crippen molar-refractivity contribution in [3.05, 3.63) is 0 Å². The van der Waals surface area contributed by atoms with Crippen LogP contribution in [0.15, 0.2) is 0 Å². The van der Waals surface area contributed by atoms with Gasteiger partial charge in [0.1, 0.15) is 0 Å². The van der Waals surface area contributed by atoms with Crippen molar-refractivity contribution in [2.24, 2.45) is 11.8 Å². The summed E-state index contributed by atoms with van der Waals surface area (Å²) in [4.78, 5) is 30.1. The average molecular weight is 332 g/mol. The molecule has 2 saturated carbocycles. The molecule has 134 valence electrons. The molecule has 2 aliphatic carbocycles. The number of likely N-dealkylation sites (tertiary alicyclic amines) is 2. The topological polar surface area (TPSA) is 40.6 Å². The number of carbonyl (C=O) groups excluding carboxylic acids is 2. The number of fused-ring (bicyclic) bond motifs is 2. The fourth-order valence-electron chi connectivity index (χ4n) is 6.00. The highest BCUT2D eigenvalue weighted by Gasteiger charge is 2.42. The molecule has 2 heterocycles. The van der Waals surface area contributed by atoms with Crippen LogP contribution in [0.3, 0.4) is 0 Å². The zero-order valence-corrected chi connectivity index (χ0v) is 14.9. The first-order valence-corrected chi connectivity index (χ1v) is 10.4. The van der Waals surface area contributed by atoms with Crippen molar-refractivity contribution >= 4 is 11.8 Å². The molecule has 0 aromatic carbocycles. The maximum absolute atomic E-state index is 13.1. The minimum Gasteiger partial charge on any atom is -0.331 e. The highest BCUT2D eigenvalue weighted by Crippen LogP contribution is 2.37. The molecule has 2 saturated heterocycles. The van der Waals surface area contributed by atoms with Crippen molar-refractivity contribution in [2.75, 3.05) is 13.1 Å². The zero-order valence-electron chi connectivity index (χ0n) is 14.9. The number of amides is 2. The van der Waals surface area contributed by atoms with Gasteiger partial charge < -0.3 is 9.80 Å². The predicted molar refractivity (Wildman–Crippen MR) is 93.4 cm³/mol. The van der Waals surface area contributed by atoms with Gasteiger partial charge >= 0.3 is 11.8 Å². The van der Waals surface area contributed by atoms with Crippen LogP contribution in [0.4, 0.5) is 0 Å². The van der Waals surface area contributed by atoms with Crippen LogP contribution in [0.25, 0.3) is 0 Å². The van der Waals surface area contributed by atoms with E-state index in [-0.39, 0.29) is 11.8 Å². The molecular formula is C20H32N2O2. The largest absolute Gasteiger partial charge is 0.331 e. The molecule has 4 unspecified atom stereocenters. The van der Waals surface area contributed by atoms with E-state index >= 15 is 0 Å². The smallest absolute Gasteiger partial charge is 0.312 e. The molecule has 0 radical (unpaired) electrons. The summed E-state index contributed by atoms with van der Waals surface area (Å²) in [6, 6.07) is 0.687. The van der Waals surface area contributed by atoms with E-state index in [9.17, 15) is 9.59 Å². The maximum atomic E-state index is 13.1. The second-order valence-electron chi connectivity index (χ2n) is 8.51. The fraction of sp³-hybridized carbons (Fsp3) is 0.900. The third-order valence-electron chi connectivity index (χ3n) is 7.19. The Morgan fingerprint density at radius 1 is 0.542 bits per heavy atom. The van der Waals surface area contributed by atoms with Crippen LogP contribution in [-0.2, 0) is 9.59 Å². The molecule has 24 heavy (non-hydrogen) atoms. The average Bonchev–Trinajstić information content (AvgIpc) is 2.66. The van der Waals surface area contributed by atoms with Crippen molar-refractivity contribution in [1.29, 1.82) is 0 Å². The lowest BCUT2D eigenvalue weighted by molar-refractivity contribution is -0.159. The molecule has 0 N–H and O–H groups in total. The third kappa shape index (κ3) is 2.97. The highest BCUT2D eigenvalue weighted by molar-refractivity contribution is 6.35. The molecule has 0 aromatic rings. The zero-order chi connectivity index (χ0) is 16.5. The molecule has 4 nitrogen and oxygen atoms in total. The summed E-state index contributed by atoms with van der Waals surface area (Å²) in [5, 5.41) is 0. The van der Waals surface area contributed by atoms with Gasteiger partial charge in [0.15, 0.2) is 0 Å². The minimum atomic E-state index is -0.183. The summed E-state index contributed by atoms with van der Waals surface area (Å²) in [7, 11) is 0. The van der Waals surface area contributed by atoms with Crippen molar-refractivity contribution in [1.82, 2.24) is 9.80 Å². The normalized spacial score (nSPS) is 36.7. The Morgan fingerprint density at radius 2 is 0.917 bits per heavy atom. The molecule has 4 fully saturated rings. The number of hydrogen-bond donors (Lipinski definition) is 0. The number of rotatable bonds is 0. The number of nitrogens with zero attached hydrogens (tertiary/aromatic N) is 2. The molecule has 4 atom stereocenters. The molecule has 2 aliphatic heterocycles. The molecule has 0 spiro atoms. The molecule has 0 bridgehead atoms. The molecule has 4 aliphatic rings. The molecule has 4 heteroatoms. The van der Waals surface area contributed by atoms with Gasteiger partial charge in [-0.2, -0.15) is 0 Å². The van der Waals surface area contributed by atoms with Gasteiger partial charge in [-0.15, -0.1) is 0 Å². The predicted octanol–water partition coefficient (Wildman–Crippen LogP) is 3.35. The van der Waals surface area contributed by atoms with Gasteiger partial charge in [-0.3, -0.25) is 9.59 Å². The van der Waals surface area contributed by atoms with Crippen molar-refractivity contribution in [3.63, 3.8) is 0 Å². The highest BCUT2D eigenvalue weighted by atomic mass is 16.2. The van der Waals surface area contributed by atoms with Crippen molar-refractivity contribution in [3.8, 4) is 0 Å². The second kappa shape index (κ2) is 7.05. The molecular weight excluding hydrogens is 300 g/mol. The van der Waals surface area contributed by atoms with Gasteiger partial charge in [0.25, 0.3) is 0 Å². The van der Waals surface area contributed by atoms with E-state index in [0.717, 1.165) is 38.8 Å². The van der Waals surface area contributed by atoms with E-state index in [1.54, 1.807) is 0 Å². The summed E-state index contributed by atoms with van der Waals surface area (Å²) in [6.45, 7) is 1.60. The van der Waals surface area contributed by atoms with Crippen LogP contribution < -0.4 is 0 Å². The number of hydrogen-bond acceptors (Lipinski definition) is 2. The fourth-order valence-corrected chi connectivity index (χ4v) is 6.00. The third-order valence-corrected chi connectivity index (χ3v) is 7.19. The van der Waals surface area contributed by atoms with Crippen molar-refractivity contribution < 1.29 is 9.59 Å². The van der Waals surface area contributed by atoms with Gasteiger partial charge in [0.2, 0.25) is 0 Å². The van der Waals surface area contributed by atoms with E-state index in [2.05, 4.69) is 0 Å². The minimum absolute atomic E-state index is 0.183. The first-order valence-electron chi connectivity index (χ1n) is 10.4. The standard InChI is InChI=1S/C20H32N2O2/c23-19(21-13-5-9-15-7-1-3-11-17(15)21)20(24)22-14-6-10-16-8-2-4-12-18(16)22/h15-18H,1-14H2. The van der Waals surface area contributed by atoms with E-state index in [0.29, 0.717) is 23.9 Å². The van der Waals surface area contributed by atoms with Gasteiger partial charge in [0.05, 0.1) is 0 Å². The Bertz CT molecular complexity index is 444.